The maximum atomic E-state index is 11.7. The minimum atomic E-state index is -0.102. The molecule has 2 heteroatoms. The molecule has 0 aromatic heterocycles. The predicted octanol–water partition coefficient (Wildman–Crippen LogP) is 2.86. The van der Waals surface area contributed by atoms with Crippen LogP contribution in [0.1, 0.15) is 57.8 Å². The number of fused-ring (bicyclic) bond motifs is 2. The SMILES string of the molecule is NC(=O)C1(CC2CC3CCC2C3)CCCC1. The highest BCUT2D eigenvalue weighted by atomic mass is 16.1. The first-order valence-corrected chi connectivity index (χ1v) is 6.99. The average molecular weight is 221 g/mol. The second-order valence-corrected chi connectivity index (χ2v) is 6.49. The highest BCUT2D eigenvalue weighted by Gasteiger charge is 2.47. The monoisotopic (exact) mass is 221 g/mol. The van der Waals surface area contributed by atoms with Crippen LogP contribution in [0.4, 0.5) is 0 Å². The van der Waals surface area contributed by atoms with Gasteiger partial charge in [-0.2, -0.15) is 0 Å². The number of hydrogen-bond donors (Lipinski definition) is 1. The van der Waals surface area contributed by atoms with Crippen molar-refractivity contribution in [3.05, 3.63) is 0 Å². The highest BCUT2D eigenvalue weighted by Crippen LogP contribution is 2.54. The van der Waals surface area contributed by atoms with E-state index in [0.717, 1.165) is 37.0 Å². The molecule has 3 fully saturated rings. The largest absolute Gasteiger partial charge is 0.369 e. The molecule has 0 aromatic carbocycles. The average Bonchev–Trinajstić information content (AvgIpc) is 2.92. The molecule has 2 bridgehead atoms. The molecule has 3 saturated carbocycles. The summed E-state index contributed by atoms with van der Waals surface area (Å²) in [7, 11) is 0. The third-order valence-corrected chi connectivity index (χ3v) is 5.62. The Hall–Kier alpha value is -0.530. The fourth-order valence-corrected chi connectivity index (χ4v) is 4.73. The molecule has 2 nitrogen and oxygen atoms in total. The van der Waals surface area contributed by atoms with E-state index in [1.54, 1.807) is 0 Å². The first-order chi connectivity index (χ1) is 7.70. The summed E-state index contributed by atoms with van der Waals surface area (Å²) in [6.45, 7) is 0. The minimum Gasteiger partial charge on any atom is -0.369 e. The standard InChI is InChI=1S/C14H23NO/c15-13(16)14(5-1-2-6-14)9-12-8-10-3-4-11(12)7-10/h10-12H,1-9H2,(H2,15,16). The van der Waals surface area contributed by atoms with Crippen molar-refractivity contribution in [3.8, 4) is 0 Å². The van der Waals surface area contributed by atoms with Gasteiger partial charge in [0.05, 0.1) is 0 Å². The topological polar surface area (TPSA) is 43.1 Å². The van der Waals surface area contributed by atoms with Crippen LogP contribution < -0.4 is 5.73 Å². The molecule has 0 spiro atoms. The van der Waals surface area contributed by atoms with Gasteiger partial charge in [-0.25, -0.2) is 0 Å². The summed E-state index contributed by atoms with van der Waals surface area (Å²) < 4.78 is 0. The molecular weight excluding hydrogens is 198 g/mol. The van der Waals surface area contributed by atoms with Gasteiger partial charge in [0.15, 0.2) is 0 Å². The van der Waals surface area contributed by atoms with E-state index in [9.17, 15) is 4.79 Å². The molecule has 1 amide bonds. The van der Waals surface area contributed by atoms with Crippen LogP contribution in [0.3, 0.4) is 0 Å². The van der Waals surface area contributed by atoms with E-state index in [1.807, 2.05) is 0 Å². The summed E-state index contributed by atoms with van der Waals surface area (Å²) in [5.41, 5.74) is 5.57. The third-order valence-electron chi connectivity index (χ3n) is 5.62. The Labute approximate surface area is 98.0 Å². The molecule has 3 atom stereocenters. The molecule has 0 aliphatic heterocycles. The molecular formula is C14H23NO. The first-order valence-electron chi connectivity index (χ1n) is 6.99. The van der Waals surface area contributed by atoms with Gasteiger partial charge < -0.3 is 5.73 Å². The number of hydrogen-bond acceptors (Lipinski definition) is 1. The number of carbonyl (C=O) groups is 1. The lowest BCUT2D eigenvalue weighted by Gasteiger charge is -2.32. The zero-order chi connectivity index (χ0) is 11.2. The quantitative estimate of drug-likeness (QED) is 0.782. The smallest absolute Gasteiger partial charge is 0.223 e. The van der Waals surface area contributed by atoms with E-state index in [-0.39, 0.29) is 11.3 Å². The number of rotatable bonds is 3. The van der Waals surface area contributed by atoms with Gasteiger partial charge in [0.25, 0.3) is 0 Å². The van der Waals surface area contributed by atoms with Crippen molar-refractivity contribution in [1.82, 2.24) is 0 Å². The van der Waals surface area contributed by atoms with E-state index >= 15 is 0 Å². The number of carbonyl (C=O) groups excluding carboxylic acids is 1. The predicted molar refractivity (Wildman–Crippen MR) is 63.7 cm³/mol. The lowest BCUT2D eigenvalue weighted by atomic mass is 9.72. The minimum absolute atomic E-state index is 0.00669. The number of amides is 1. The van der Waals surface area contributed by atoms with Crippen LogP contribution >= 0.6 is 0 Å². The Morgan fingerprint density at radius 1 is 1.19 bits per heavy atom. The van der Waals surface area contributed by atoms with Crippen LogP contribution in [0, 0.1) is 23.2 Å². The maximum absolute atomic E-state index is 11.7. The lowest BCUT2D eigenvalue weighted by Crippen LogP contribution is -2.37. The van der Waals surface area contributed by atoms with Crippen LogP contribution in [0.15, 0.2) is 0 Å². The van der Waals surface area contributed by atoms with Crippen LogP contribution in [0.5, 0.6) is 0 Å². The van der Waals surface area contributed by atoms with Crippen molar-refractivity contribution in [2.24, 2.45) is 28.9 Å². The molecule has 3 aliphatic rings. The van der Waals surface area contributed by atoms with Gasteiger partial charge in [0.1, 0.15) is 0 Å². The van der Waals surface area contributed by atoms with Crippen LogP contribution in [0.25, 0.3) is 0 Å². The van der Waals surface area contributed by atoms with E-state index in [2.05, 4.69) is 0 Å². The maximum Gasteiger partial charge on any atom is 0.223 e. The zero-order valence-corrected chi connectivity index (χ0v) is 10.1. The molecule has 16 heavy (non-hydrogen) atoms. The molecule has 0 heterocycles. The third kappa shape index (κ3) is 1.57. The normalized spacial score (nSPS) is 40.4. The van der Waals surface area contributed by atoms with E-state index in [1.165, 1.54) is 38.5 Å². The van der Waals surface area contributed by atoms with Gasteiger partial charge in [-0.05, 0) is 56.3 Å². The summed E-state index contributed by atoms with van der Waals surface area (Å²) in [5, 5.41) is 0. The first kappa shape index (κ1) is 10.6. The van der Waals surface area contributed by atoms with Crippen LogP contribution in [-0.2, 0) is 4.79 Å². The molecule has 3 aliphatic carbocycles. The lowest BCUT2D eigenvalue weighted by molar-refractivity contribution is -0.128. The Balaban J connectivity index is 1.70. The molecule has 3 unspecified atom stereocenters. The number of nitrogens with two attached hydrogens (primary N) is 1. The summed E-state index contributed by atoms with van der Waals surface area (Å²) in [4.78, 5) is 11.7. The van der Waals surface area contributed by atoms with Gasteiger partial charge in [0, 0.05) is 5.41 Å². The van der Waals surface area contributed by atoms with E-state index in [4.69, 9.17) is 5.73 Å². The Kier molecular flexibility index (Phi) is 2.49. The van der Waals surface area contributed by atoms with Crippen LogP contribution in [0.2, 0.25) is 0 Å². The molecule has 3 rings (SSSR count). The zero-order valence-electron chi connectivity index (χ0n) is 10.1. The van der Waals surface area contributed by atoms with Gasteiger partial charge in [-0.1, -0.05) is 19.3 Å². The van der Waals surface area contributed by atoms with Crippen molar-refractivity contribution < 1.29 is 4.79 Å². The van der Waals surface area contributed by atoms with Gasteiger partial charge in [0.2, 0.25) is 5.91 Å². The Morgan fingerprint density at radius 2 is 1.94 bits per heavy atom. The van der Waals surface area contributed by atoms with E-state index < -0.39 is 0 Å². The van der Waals surface area contributed by atoms with Crippen molar-refractivity contribution >= 4 is 5.91 Å². The van der Waals surface area contributed by atoms with Crippen molar-refractivity contribution in [2.45, 2.75) is 57.8 Å². The van der Waals surface area contributed by atoms with Gasteiger partial charge >= 0.3 is 0 Å². The van der Waals surface area contributed by atoms with Crippen molar-refractivity contribution in [2.75, 3.05) is 0 Å². The second-order valence-electron chi connectivity index (χ2n) is 6.49. The fraction of sp³-hybridized carbons (Fsp3) is 0.929. The molecule has 90 valence electrons. The van der Waals surface area contributed by atoms with Crippen molar-refractivity contribution in [3.63, 3.8) is 0 Å². The molecule has 0 aromatic rings. The summed E-state index contributed by atoms with van der Waals surface area (Å²) >= 11 is 0. The van der Waals surface area contributed by atoms with Gasteiger partial charge in [-0.15, -0.1) is 0 Å². The second kappa shape index (κ2) is 3.75. The number of primary amides is 1. The fourth-order valence-electron chi connectivity index (χ4n) is 4.73. The van der Waals surface area contributed by atoms with Crippen LogP contribution in [-0.4, -0.2) is 5.91 Å². The highest BCUT2D eigenvalue weighted by molar-refractivity contribution is 5.81. The molecule has 2 N–H and O–H groups in total. The van der Waals surface area contributed by atoms with Crippen molar-refractivity contribution in [1.29, 1.82) is 0 Å². The Morgan fingerprint density at radius 3 is 2.44 bits per heavy atom. The Bertz CT molecular complexity index is 293. The summed E-state index contributed by atoms with van der Waals surface area (Å²) in [6, 6.07) is 0. The molecule has 0 radical (unpaired) electrons. The summed E-state index contributed by atoms with van der Waals surface area (Å²) in [5.74, 6) is 2.74. The summed E-state index contributed by atoms with van der Waals surface area (Å²) in [6.07, 6.45) is 11.4. The van der Waals surface area contributed by atoms with Gasteiger partial charge in [-0.3, -0.25) is 4.79 Å². The molecule has 0 saturated heterocycles. The van der Waals surface area contributed by atoms with E-state index in [0.29, 0.717) is 0 Å².